The Morgan fingerprint density at radius 3 is 2.30 bits per heavy atom. The van der Waals surface area contributed by atoms with Crippen LogP contribution in [-0.2, 0) is 4.74 Å². The van der Waals surface area contributed by atoms with Gasteiger partial charge in [0.25, 0.3) is 0 Å². The normalized spacial score (nSPS) is 11.7. The lowest BCUT2D eigenvalue weighted by molar-refractivity contribution is 0.0368. The number of methoxy groups -OCH3 is 1. The number of aromatic nitrogens is 2. The average Bonchev–Trinajstić information content (AvgIpc) is 3.38. The lowest BCUT2D eigenvalue weighted by Crippen LogP contribution is -2.16. The van der Waals surface area contributed by atoms with Crippen LogP contribution in [0.2, 0.25) is 0 Å². The molecule has 7 heteroatoms. The number of esters is 1. The van der Waals surface area contributed by atoms with Gasteiger partial charge in [0.1, 0.15) is 5.65 Å². The Bertz CT molecular complexity index is 1590. The molecule has 5 rings (SSSR count). The van der Waals surface area contributed by atoms with Crippen molar-refractivity contribution in [3.63, 3.8) is 0 Å². The molecule has 3 aromatic carbocycles. The number of imidazole rings is 1. The Kier molecular flexibility index (Phi) is 6.43. The maximum Gasteiger partial charge on any atom is 0.339 e. The third kappa shape index (κ3) is 4.67. The van der Waals surface area contributed by atoms with Crippen molar-refractivity contribution in [2.45, 2.75) is 13.0 Å². The second kappa shape index (κ2) is 9.99. The standard InChI is InChI=1S/C30H24N2O5/c1-19-12-17-25(32-18-26(36-2)31-28(19)32)27(37-30(35)22-8-4-3-5-9-22)21-15-13-20(14-16-21)23-10-6-7-11-24(23)29(33)34/h3-18,27H,1-2H3,(H,33,34)/t27-/m1/s1. The molecule has 1 N–H and O–H groups in total. The first-order chi connectivity index (χ1) is 18.0. The Morgan fingerprint density at radius 2 is 1.59 bits per heavy atom. The molecule has 1 atom stereocenters. The van der Waals surface area contributed by atoms with E-state index in [0.717, 1.165) is 16.7 Å². The molecule has 0 saturated carbocycles. The summed E-state index contributed by atoms with van der Waals surface area (Å²) >= 11 is 0. The summed E-state index contributed by atoms with van der Waals surface area (Å²) in [5, 5.41) is 9.59. The van der Waals surface area contributed by atoms with Crippen LogP contribution in [0.5, 0.6) is 5.88 Å². The van der Waals surface area contributed by atoms with Gasteiger partial charge in [-0.1, -0.05) is 66.7 Å². The van der Waals surface area contributed by atoms with Gasteiger partial charge in [-0.25, -0.2) is 9.59 Å². The van der Waals surface area contributed by atoms with E-state index in [2.05, 4.69) is 4.98 Å². The van der Waals surface area contributed by atoms with Crippen molar-refractivity contribution in [1.29, 1.82) is 0 Å². The molecule has 5 aromatic rings. The minimum atomic E-state index is -0.995. The van der Waals surface area contributed by atoms with E-state index < -0.39 is 18.0 Å². The number of carboxylic acid groups (broad SMARTS) is 1. The van der Waals surface area contributed by atoms with Crippen molar-refractivity contribution >= 4 is 17.6 Å². The van der Waals surface area contributed by atoms with Gasteiger partial charge in [-0.15, -0.1) is 0 Å². The number of pyridine rings is 1. The van der Waals surface area contributed by atoms with E-state index in [-0.39, 0.29) is 5.56 Å². The fraction of sp³-hybridized carbons (Fsp3) is 0.100. The summed E-state index contributed by atoms with van der Waals surface area (Å²) in [7, 11) is 1.55. The molecule has 0 fully saturated rings. The minimum Gasteiger partial charge on any atom is -0.480 e. The van der Waals surface area contributed by atoms with Gasteiger partial charge < -0.3 is 14.6 Å². The lowest BCUT2D eigenvalue weighted by atomic mass is 9.96. The molecule has 0 amide bonds. The zero-order chi connectivity index (χ0) is 25.9. The van der Waals surface area contributed by atoms with Crippen LogP contribution in [0, 0.1) is 6.92 Å². The monoisotopic (exact) mass is 492 g/mol. The molecule has 0 aliphatic heterocycles. The van der Waals surface area contributed by atoms with Gasteiger partial charge in [-0.05, 0) is 53.4 Å². The molecule has 0 spiro atoms. The molecule has 2 heterocycles. The van der Waals surface area contributed by atoms with Crippen molar-refractivity contribution < 1.29 is 24.2 Å². The van der Waals surface area contributed by atoms with Gasteiger partial charge in [-0.3, -0.25) is 4.40 Å². The number of fused-ring (bicyclic) bond motifs is 1. The number of hydrogen-bond acceptors (Lipinski definition) is 5. The predicted molar refractivity (Wildman–Crippen MR) is 139 cm³/mol. The molecule has 0 saturated heterocycles. The predicted octanol–water partition coefficient (Wildman–Crippen LogP) is 5.96. The summed E-state index contributed by atoms with van der Waals surface area (Å²) in [4.78, 5) is 29.4. The summed E-state index contributed by atoms with van der Waals surface area (Å²) in [6.07, 6.45) is 0.997. The number of carbonyl (C=O) groups excluding carboxylic acids is 1. The molecular weight excluding hydrogens is 468 g/mol. The molecule has 0 aliphatic carbocycles. The Hall–Kier alpha value is -4.91. The second-order valence-electron chi connectivity index (χ2n) is 8.54. The fourth-order valence-electron chi connectivity index (χ4n) is 4.32. The first-order valence-electron chi connectivity index (χ1n) is 11.7. The van der Waals surface area contributed by atoms with Crippen LogP contribution >= 0.6 is 0 Å². The highest BCUT2D eigenvalue weighted by atomic mass is 16.5. The van der Waals surface area contributed by atoms with E-state index in [1.54, 1.807) is 61.8 Å². The van der Waals surface area contributed by atoms with Crippen molar-refractivity contribution in [1.82, 2.24) is 9.38 Å². The van der Waals surface area contributed by atoms with Gasteiger partial charge in [0.05, 0.1) is 30.1 Å². The van der Waals surface area contributed by atoms with Crippen molar-refractivity contribution in [3.8, 4) is 17.0 Å². The number of carbonyl (C=O) groups is 2. The fourth-order valence-corrected chi connectivity index (χ4v) is 4.32. The van der Waals surface area contributed by atoms with Crippen LogP contribution in [0.4, 0.5) is 0 Å². The van der Waals surface area contributed by atoms with Crippen molar-refractivity contribution in [3.05, 3.63) is 125 Å². The number of aromatic carboxylic acids is 1. The summed E-state index contributed by atoms with van der Waals surface area (Å²) in [5.41, 5.74) is 5.06. The van der Waals surface area contributed by atoms with E-state index in [4.69, 9.17) is 9.47 Å². The highest BCUT2D eigenvalue weighted by molar-refractivity contribution is 5.96. The van der Waals surface area contributed by atoms with Gasteiger partial charge in [0, 0.05) is 0 Å². The lowest BCUT2D eigenvalue weighted by Gasteiger charge is -2.21. The smallest absolute Gasteiger partial charge is 0.339 e. The van der Waals surface area contributed by atoms with Crippen LogP contribution in [0.15, 0.2) is 97.2 Å². The summed E-state index contributed by atoms with van der Waals surface area (Å²) < 4.78 is 13.3. The van der Waals surface area contributed by atoms with E-state index in [0.29, 0.717) is 28.3 Å². The van der Waals surface area contributed by atoms with Crippen LogP contribution < -0.4 is 4.74 Å². The first kappa shape index (κ1) is 23.8. The minimum absolute atomic E-state index is 0.216. The van der Waals surface area contributed by atoms with Crippen molar-refractivity contribution in [2.24, 2.45) is 0 Å². The Labute approximate surface area is 213 Å². The number of benzene rings is 3. The average molecular weight is 493 g/mol. The van der Waals surface area contributed by atoms with Gasteiger partial charge in [0.2, 0.25) is 5.88 Å². The van der Waals surface area contributed by atoms with E-state index >= 15 is 0 Å². The van der Waals surface area contributed by atoms with Gasteiger partial charge in [-0.2, -0.15) is 4.98 Å². The van der Waals surface area contributed by atoms with Crippen LogP contribution in [0.1, 0.15) is 43.6 Å². The Morgan fingerprint density at radius 1 is 0.892 bits per heavy atom. The number of carboxylic acids is 1. The van der Waals surface area contributed by atoms with Gasteiger partial charge >= 0.3 is 11.9 Å². The van der Waals surface area contributed by atoms with Gasteiger partial charge in [0.15, 0.2) is 6.10 Å². The number of rotatable bonds is 7. The van der Waals surface area contributed by atoms with Crippen molar-refractivity contribution in [2.75, 3.05) is 7.11 Å². The summed E-state index contributed by atoms with van der Waals surface area (Å²) in [6, 6.07) is 26.8. The number of aryl methyl sites for hydroxylation is 1. The topological polar surface area (TPSA) is 90.1 Å². The third-order valence-electron chi connectivity index (χ3n) is 6.21. The highest BCUT2D eigenvalue weighted by Crippen LogP contribution is 2.32. The second-order valence-corrected chi connectivity index (χ2v) is 8.54. The largest absolute Gasteiger partial charge is 0.480 e. The molecule has 184 valence electrons. The van der Waals surface area contributed by atoms with Crippen LogP contribution in [0.25, 0.3) is 16.8 Å². The number of ether oxygens (including phenoxy) is 2. The summed E-state index contributed by atoms with van der Waals surface area (Å²) in [5.74, 6) is -1.01. The Balaban J connectivity index is 1.60. The van der Waals surface area contributed by atoms with E-state index in [9.17, 15) is 14.7 Å². The van der Waals surface area contributed by atoms with Crippen LogP contribution in [0.3, 0.4) is 0 Å². The number of nitrogens with zero attached hydrogens (tertiary/aromatic N) is 2. The highest BCUT2D eigenvalue weighted by Gasteiger charge is 2.24. The van der Waals surface area contributed by atoms with E-state index in [1.165, 1.54) is 0 Å². The molecule has 0 bridgehead atoms. The molecule has 37 heavy (non-hydrogen) atoms. The molecule has 7 nitrogen and oxygen atoms in total. The maximum atomic E-state index is 13.1. The molecule has 2 aromatic heterocycles. The van der Waals surface area contributed by atoms with E-state index in [1.807, 2.05) is 53.8 Å². The first-order valence-corrected chi connectivity index (χ1v) is 11.7. The zero-order valence-corrected chi connectivity index (χ0v) is 20.3. The molecule has 0 unspecified atom stereocenters. The van der Waals surface area contributed by atoms with Crippen LogP contribution in [-0.4, -0.2) is 33.5 Å². The number of hydrogen-bond donors (Lipinski definition) is 1. The quantitative estimate of drug-likeness (QED) is 0.282. The maximum absolute atomic E-state index is 13.1. The summed E-state index contributed by atoms with van der Waals surface area (Å²) in [6.45, 7) is 1.95. The molecular formula is C30H24N2O5. The third-order valence-corrected chi connectivity index (χ3v) is 6.21. The molecule has 0 aliphatic rings. The zero-order valence-electron chi connectivity index (χ0n) is 20.3. The molecule has 0 radical (unpaired) electrons. The SMILES string of the molecule is COc1cn2c([C@H](OC(=O)c3ccccc3)c3ccc(-c4ccccc4C(=O)O)cc3)ccc(C)c2n1.